The third-order valence-electron chi connectivity index (χ3n) is 4.73. The Balaban J connectivity index is 0.00000145. The molecule has 0 unspecified atom stereocenters. The molecule has 0 aliphatic heterocycles. The van der Waals surface area contributed by atoms with Gasteiger partial charge in [-0.1, -0.05) is 107 Å². The lowest BCUT2D eigenvalue weighted by Gasteiger charge is -2.28. The van der Waals surface area contributed by atoms with E-state index in [1.165, 1.54) is 6.26 Å². The molecule has 3 rings (SSSR count). The van der Waals surface area contributed by atoms with Crippen molar-refractivity contribution in [2.45, 2.75) is 12.3 Å². The second-order valence-electron chi connectivity index (χ2n) is 6.43. The highest BCUT2D eigenvalue weighted by atomic mass is 79.9. The predicted octanol–water partition coefficient (Wildman–Crippen LogP) is 5.58. The summed E-state index contributed by atoms with van der Waals surface area (Å²) in [4.78, 5) is 13.2. The number of esters is 1. The first kappa shape index (κ1) is 22.6. The molecule has 3 aromatic carbocycles. The Hall–Kier alpha value is -2.69. The second kappa shape index (κ2) is 11.3. The van der Waals surface area contributed by atoms with Crippen LogP contribution in [0.2, 0.25) is 0 Å². The largest absolute Gasteiger partial charge is 0.433 e. The van der Waals surface area contributed by atoms with Crippen molar-refractivity contribution in [2.24, 2.45) is 0 Å². The maximum Gasteiger partial charge on any atom is 0.325 e. The van der Waals surface area contributed by atoms with Gasteiger partial charge in [0.15, 0.2) is 0 Å². The van der Waals surface area contributed by atoms with E-state index in [1.807, 2.05) is 104 Å². The summed E-state index contributed by atoms with van der Waals surface area (Å²) < 4.78 is 5.56. The van der Waals surface area contributed by atoms with Gasteiger partial charge in [-0.15, -0.1) is 0 Å². The van der Waals surface area contributed by atoms with Crippen molar-refractivity contribution >= 4 is 27.5 Å². The quantitative estimate of drug-likeness (QED) is 0.301. The van der Waals surface area contributed by atoms with Gasteiger partial charge in [-0.25, -0.2) is 0 Å². The lowest BCUT2D eigenvalue weighted by molar-refractivity contribution is -0.142. The van der Waals surface area contributed by atoms with E-state index in [9.17, 15) is 9.90 Å². The van der Waals surface area contributed by atoms with Crippen LogP contribution < -0.4 is 0 Å². The first-order valence-electron chi connectivity index (χ1n) is 9.21. The maximum absolute atomic E-state index is 13.2. The second-order valence-corrected chi connectivity index (χ2v) is 6.43. The molecular formula is C25H25BrO3. The molecule has 0 fully saturated rings. The van der Waals surface area contributed by atoms with Gasteiger partial charge in [0.25, 0.3) is 0 Å². The number of rotatable bonds is 6. The summed E-state index contributed by atoms with van der Waals surface area (Å²) in [6.07, 6.45) is 1.35. The zero-order valence-electron chi connectivity index (χ0n) is 16.6. The van der Waals surface area contributed by atoms with Crippen molar-refractivity contribution in [2.75, 3.05) is 12.4 Å². The first-order valence-corrected chi connectivity index (χ1v) is 10.8. The molecule has 29 heavy (non-hydrogen) atoms. The van der Waals surface area contributed by atoms with Crippen LogP contribution in [0.5, 0.6) is 0 Å². The summed E-state index contributed by atoms with van der Waals surface area (Å²) in [6, 6.07) is 28.5. The van der Waals surface area contributed by atoms with Crippen LogP contribution in [0.15, 0.2) is 97.3 Å². The highest BCUT2D eigenvalue weighted by Crippen LogP contribution is 2.33. The molecule has 0 saturated heterocycles. The number of alkyl halides is 1. The normalized spacial score (nSPS) is 11.2. The molecule has 0 spiro atoms. The molecule has 0 aliphatic rings. The zero-order chi connectivity index (χ0) is 21.1. The minimum absolute atomic E-state index is 0.218. The van der Waals surface area contributed by atoms with Crippen molar-refractivity contribution in [1.29, 1.82) is 0 Å². The number of halogens is 1. The molecule has 0 saturated carbocycles. The minimum atomic E-state index is -0.962. The summed E-state index contributed by atoms with van der Waals surface area (Å²) in [7, 11) is 0. The highest BCUT2D eigenvalue weighted by molar-refractivity contribution is 9.08. The molecule has 0 amide bonds. The molecule has 0 aromatic heterocycles. The van der Waals surface area contributed by atoms with Gasteiger partial charge in [-0.05, 0) is 29.4 Å². The van der Waals surface area contributed by atoms with E-state index in [-0.39, 0.29) is 6.61 Å². The van der Waals surface area contributed by atoms with E-state index in [0.717, 1.165) is 16.7 Å². The van der Waals surface area contributed by atoms with Crippen LogP contribution in [0.4, 0.5) is 0 Å². The number of hydrogen-bond donors (Lipinski definition) is 1. The van der Waals surface area contributed by atoms with Crippen molar-refractivity contribution in [3.63, 3.8) is 0 Å². The van der Waals surface area contributed by atoms with Gasteiger partial charge < -0.3 is 9.84 Å². The summed E-state index contributed by atoms with van der Waals surface area (Å²) in [5, 5.41) is 9.67. The Kier molecular flexibility index (Phi) is 8.84. The van der Waals surface area contributed by atoms with E-state index < -0.39 is 11.4 Å². The zero-order valence-corrected chi connectivity index (χ0v) is 18.2. The van der Waals surface area contributed by atoms with E-state index in [2.05, 4.69) is 15.9 Å². The smallest absolute Gasteiger partial charge is 0.325 e. The Morgan fingerprint density at radius 1 is 0.862 bits per heavy atom. The van der Waals surface area contributed by atoms with Gasteiger partial charge in [0.05, 0.1) is 6.61 Å². The summed E-state index contributed by atoms with van der Waals surface area (Å²) in [5.41, 5.74) is 2.09. The van der Waals surface area contributed by atoms with Gasteiger partial charge in [-0.3, -0.25) is 4.79 Å². The van der Waals surface area contributed by atoms with Gasteiger partial charge in [-0.2, -0.15) is 0 Å². The van der Waals surface area contributed by atoms with Crippen LogP contribution in [0.25, 0.3) is 5.57 Å². The monoisotopic (exact) mass is 452 g/mol. The minimum Gasteiger partial charge on any atom is -0.433 e. The molecule has 3 aromatic rings. The van der Waals surface area contributed by atoms with Crippen LogP contribution in [0, 0.1) is 0 Å². The average Bonchev–Trinajstić information content (AvgIpc) is 2.82. The SMILES string of the molecule is CBr.CC(C(=O)O/C=C(/CO)c1ccccc1)(c1ccccc1)c1ccccc1. The topological polar surface area (TPSA) is 46.5 Å². The molecule has 0 radical (unpaired) electrons. The lowest BCUT2D eigenvalue weighted by atomic mass is 9.76. The molecule has 4 heteroatoms. The van der Waals surface area contributed by atoms with E-state index in [0.29, 0.717) is 5.57 Å². The summed E-state index contributed by atoms with van der Waals surface area (Å²) in [6.45, 7) is 1.64. The highest BCUT2D eigenvalue weighted by Gasteiger charge is 2.38. The lowest BCUT2D eigenvalue weighted by Crippen LogP contribution is -2.34. The summed E-state index contributed by atoms with van der Waals surface area (Å²) in [5.74, 6) is 1.41. The molecule has 3 nitrogen and oxygen atoms in total. The Morgan fingerprint density at radius 3 is 1.69 bits per heavy atom. The average molecular weight is 453 g/mol. The van der Waals surface area contributed by atoms with Crippen LogP contribution in [0.3, 0.4) is 0 Å². The van der Waals surface area contributed by atoms with Crippen LogP contribution >= 0.6 is 15.9 Å². The number of aliphatic hydroxyl groups is 1. The van der Waals surface area contributed by atoms with Gasteiger partial charge in [0.2, 0.25) is 0 Å². The van der Waals surface area contributed by atoms with Crippen LogP contribution in [-0.2, 0) is 14.9 Å². The predicted molar refractivity (Wildman–Crippen MR) is 122 cm³/mol. The number of benzene rings is 3. The van der Waals surface area contributed by atoms with E-state index >= 15 is 0 Å². The Labute approximate surface area is 180 Å². The van der Waals surface area contributed by atoms with E-state index in [1.54, 1.807) is 0 Å². The van der Waals surface area contributed by atoms with Crippen molar-refractivity contribution in [3.05, 3.63) is 114 Å². The number of carbonyl (C=O) groups is 1. The molecule has 1 N–H and O–H groups in total. The summed E-state index contributed by atoms with van der Waals surface area (Å²) >= 11 is 2.94. The number of hydrogen-bond acceptors (Lipinski definition) is 3. The van der Waals surface area contributed by atoms with Crippen LogP contribution in [-0.4, -0.2) is 23.5 Å². The molecular weight excluding hydrogens is 428 g/mol. The maximum atomic E-state index is 13.2. The fourth-order valence-corrected chi connectivity index (χ4v) is 3.04. The molecule has 0 aliphatic carbocycles. The molecule has 0 atom stereocenters. The number of carbonyl (C=O) groups excluding carboxylic acids is 1. The fraction of sp³-hybridized carbons (Fsp3) is 0.160. The third-order valence-corrected chi connectivity index (χ3v) is 4.73. The van der Waals surface area contributed by atoms with E-state index in [4.69, 9.17) is 4.74 Å². The van der Waals surface area contributed by atoms with Gasteiger partial charge in [0, 0.05) is 5.57 Å². The Morgan fingerprint density at radius 2 is 1.28 bits per heavy atom. The molecule has 0 bridgehead atoms. The number of ether oxygens (including phenoxy) is 1. The Bertz CT molecular complexity index is 867. The first-order chi connectivity index (χ1) is 14.2. The standard InChI is InChI=1S/C24H22O3.CH3Br/c1-24(21-13-7-3-8-14-21,22-15-9-4-10-16-22)23(26)27-18-20(17-25)19-11-5-2-6-12-19;1-2/h2-16,18,25H,17H2,1H3;1H3/b20-18-;. The third kappa shape index (κ3) is 5.43. The van der Waals surface area contributed by atoms with Crippen molar-refractivity contribution < 1.29 is 14.6 Å². The van der Waals surface area contributed by atoms with Gasteiger partial charge >= 0.3 is 5.97 Å². The van der Waals surface area contributed by atoms with Crippen molar-refractivity contribution in [1.82, 2.24) is 0 Å². The molecule has 0 heterocycles. The number of aliphatic hydroxyl groups excluding tert-OH is 1. The fourth-order valence-electron chi connectivity index (χ4n) is 3.04. The van der Waals surface area contributed by atoms with Gasteiger partial charge in [0.1, 0.15) is 11.7 Å². The molecule has 150 valence electrons. The van der Waals surface area contributed by atoms with Crippen LogP contribution in [0.1, 0.15) is 23.6 Å². The van der Waals surface area contributed by atoms with Crippen molar-refractivity contribution in [3.8, 4) is 0 Å².